The zero-order valence-corrected chi connectivity index (χ0v) is 13.5. The molecule has 0 bridgehead atoms. The lowest BCUT2D eigenvalue weighted by Crippen LogP contribution is -2.37. The second-order valence-corrected chi connectivity index (χ2v) is 7.22. The lowest BCUT2D eigenvalue weighted by molar-refractivity contribution is -0.121. The van der Waals surface area contributed by atoms with E-state index in [9.17, 15) is 4.79 Å². The molecule has 1 aromatic carbocycles. The first-order valence-electron chi connectivity index (χ1n) is 6.99. The number of nitrogens with zero attached hydrogens (tertiary/aromatic N) is 2. The van der Waals surface area contributed by atoms with Crippen molar-refractivity contribution in [1.29, 1.82) is 0 Å². The summed E-state index contributed by atoms with van der Waals surface area (Å²) in [7, 11) is 0. The van der Waals surface area contributed by atoms with Gasteiger partial charge in [-0.05, 0) is 24.7 Å². The fourth-order valence-corrected chi connectivity index (χ4v) is 4.11. The summed E-state index contributed by atoms with van der Waals surface area (Å²) in [5, 5.41) is 11.6. The van der Waals surface area contributed by atoms with Gasteiger partial charge in [0.1, 0.15) is 0 Å². The molecule has 0 aliphatic heterocycles. The standard InChI is InChI=1S/C15H17N3OS2/c1-20-14-18-17-13(21-14)16-12(19)15(9-5-6-10-15)11-7-3-2-4-8-11/h2-4,7-8H,5-6,9-10H2,1H3,(H,16,17,19). The van der Waals surface area contributed by atoms with Gasteiger partial charge in [-0.3, -0.25) is 10.1 Å². The Labute approximate surface area is 132 Å². The second kappa shape index (κ2) is 6.15. The third kappa shape index (κ3) is 2.82. The van der Waals surface area contributed by atoms with Crippen molar-refractivity contribution < 1.29 is 4.79 Å². The molecule has 0 spiro atoms. The number of amides is 1. The van der Waals surface area contributed by atoms with Crippen molar-refractivity contribution in [2.24, 2.45) is 0 Å². The highest BCUT2D eigenvalue weighted by Crippen LogP contribution is 2.42. The minimum Gasteiger partial charge on any atom is -0.300 e. The topological polar surface area (TPSA) is 54.9 Å². The maximum Gasteiger partial charge on any atom is 0.236 e. The van der Waals surface area contributed by atoms with Crippen LogP contribution in [0.1, 0.15) is 31.2 Å². The number of rotatable bonds is 4. The number of carbonyl (C=O) groups is 1. The number of aromatic nitrogens is 2. The van der Waals surface area contributed by atoms with Gasteiger partial charge in [0.15, 0.2) is 4.34 Å². The van der Waals surface area contributed by atoms with Crippen LogP contribution < -0.4 is 5.32 Å². The van der Waals surface area contributed by atoms with Gasteiger partial charge in [0.25, 0.3) is 0 Å². The summed E-state index contributed by atoms with van der Waals surface area (Å²) in [6.45, 7) is 0. The maximum absolute atomic E-state index is 12.9. The number of hydrogen-bond acceptors (Lipinski definition) is 5. The van der Waals surface area contributed by atoms with E-state index < -0.39 is 5.41 Å². The van der Waals surface area contributed by atoms with Gasteiger partial charge in [-0.15, -0.1) is 10.2 Å². The Morgan fingerprint density at radius 2 is 1.95 bits per heavy atom. The van der Waals surface area contributed by atoms with Crippen LogP contribution in [0.2, 0.25) is 0 Å². The molecule has 4 nitrogen and oxygen atoms in total. The first kappa shape index (κ1) is 14.5. The molecule has 1 aliphatic carbocycles. The smallest absolute Gasteiger partial charge is 0.236 e. The molecule has 1 aliphatic rings. The molecule has 6 heteroatoms. The third-order valence-electron chi connectivity index (χ3n) is 4.02. The molecule has 21 heavy (non-hydrogen) atoms. The van der Waals surface area contributed by atoms with E-state index in [0.717, 1.165) is 35.6 Å². The van der Waals surface area contributed by atoms with Crippen LogP contribution in [0.3, 0.4) is 0 Å². The average Bonchev–Trinajstić information content (AvgIpc) is 3.18. The van der Waals surface area contributed by atoms with E-state index in [4.69, 9.17) is 0 Å². The Hall–Kier alpha value is -1.40. The van der Waals surface area contributed by atoms with Crippen molar-refractivity contribution in [2.45, 2.75) is 35.4 Å². The van der Waals surface area contributed by atoms with Crippen molar-refractivity contribution in [3.8, 4) is 0 Å². The lowest BCUT2D eigenvalue weighted by Gasteiger charge is -2.27. The number of benzene rings is 1. The van der Waals surface area contributed by atoms with Crippen LogP contribution in [0.15, 0.2) is 34.7 Å². The Balaban J connectivity index is 1.85. The number of anilines is 1. The Kier molecular flexibility index (Phi) is 4.26. The van der Waals surface area contributed by atoms with Crippen molar-refractivity contribution in [3.05, 3.63) is 35.9 Å². The third-order valence-corrected chi connectivity index (χ3v) is 5.83. The molecule has 1 aromatic heterocycles. The molecule has 0 saturated heterocycles. The molecule has 3 rings (SSSR count). The summed E-state index contributed by atoms with van der Waals surface area (Å²) in [6, 6.07) is 10.1. The minimum atomic E-state index is -0.410. The van der Waals surface area contributed by atoms with Gasteiger partial charge in [-0.1, -0.05) is 66.3 Å². The number of nitrogens with one attached hydrogen (secondary N) is 1. The van der Waals surface area contributed by atoms with E-state index in [0.29, 0.717) is 5.13 Å². The first-order valence-corrected chi connectivity index (χ1v) is 9.03. The Bertz CT molecular complexity index is 621. The van der Waals surface area contributed by atoms with Gasteiger partial charge >= 0.3 is 0 Å². The molecule has 1 N–H and O–H groups in total. The van der Waals surface area contributed by atoms with Crippen LogP contribution in [0, 0.1) is 0 Å². The van der Waals surface area contributed by atoms with Crippen LogP contribution >= 0.6 is 23.1 Å². The Morgan fingerprint density at radius 1 is 1.24 bits per heavy atom. The fourth-order valence-electron chi connectivity index (χ4n) is 2.94. The van der Waals surface area contributed by atoms with Crippen molar-refractivity contribution in [2.75, 3.05) is 11.6 Å². The fraction of sp³-hybridized carbons (Fsp3) is 0.400. The molecular weight excluding hydrogens is 302 g/mol. The monoisotopic (exact) mass is 319 g/mol. The summed E-state index contributed by atoms with van der Waals surface area (Å²) in [4.78, 5) is 12.9. The highest BCUT2D eigenvalue weighted by atomic mass is 32.2. The molecule has 1 saturated carbocycles. The minimum absolute atomic E-state index is 0.0509. The van der Waals surface area contributed by atoms with Crippen molar-refractivity contribution in [3.63, 3.8) is 0 Å². The van der Waals surface area contributed by atoms with Crippen LogP contribution in [0.5, 0.6) is 0 Å². The number of thioether (sulfide) groups is 1. The average molecular weight is 319 g/mol. The van der Waals surface area contributed by atoms with E-state index in [1.807, 2.05) is 24.5 Å². The lowest BCUT2D eigenvalue weighted by atomic mass is 9.78. The number of hydrogen-bond donors (Lipinski definition) is 1. The summed E-state index contributed by atoms with van der Waals surface area (Å²) < 4.78 is 0.866. The van der Waals surface area contributed by atoms with Gasteiger partial charge in [0.2, 0.25) is 11.0 Å². The predicted molar refractivity (Wildman–Crippen MR) is 86.9 cm³/mol. The molecule has 1 amide bonds. The van der Waals surface area contributed by atoms with Crippen LogP contribution in [0.25, 0.3) is 0 Å². The molecule has 110 valence electrons. The normalized spacial score (nSPS) is 16.8. The van der Waals surface area contributed by atoms with E-state index >= 15 is 0 Å². The SMILES string of the molecule is CSc1nnc(NC(=O)C2(c3ccccc3)CCCC2)s1. The van der Waals surface area contributed by atoms with Gasteiger partial charge in [-0.2, -0.15) is 0 Å². The van der Waals surface area contributed by atoms with E-state index in [2.05, 4.69) is 27.6 Å². The molecule has 2 aromatic rings. The summed E-state index contributed by atoms with van der Waals surface area (Å²) >= 11 is 2.96. The van der Waals surface area contributed by atoms with Gasteiger partial charge in [-0.25, -0.2) is 0 Å². The van der Waals surface area contributed by atoms with E-state index in [-0.39, 0.29) is 5.91 Å². The van der Waals surface area contributed by atoms with Crippen LogP contribution in [-0.2, 0) is 10.2 Å². The molecule has 0 unspecified atom stereocenters. The van der Waals surface area contributed by atoms with Gasteiger partial charge in [0, 0.05) is 0 Å². The summed E-state index contributed by atoms with van der Waals surface area (Å²) in [6.07, 6.45) is 5.94. The van der Waals surface area contributed by atoms with Crippen LogP contribution in [-0.4, -0.2) is 22.4 Å². The van der Waals surface area contributed by atoms with Gasteiger partial charge < -0.3 is 0 Å². The van der Waals surface area contributed by atoms with Crippen molar-refractivity contribution >= 4 is 34.1 Å². The highest BCUT2D eigenvalue weighted by molar-refractivity contribution is 8.00. The van der Waals surface area contributed by atoms with E-state index in [1.54, 1.807) is 0 Å². The molecule has 0 atom stereocenters. The largest absolute Gasteiger partial charge is 0.300 e. The Morgan fingerprint density at radius 3 is 2.57 bits per heavy atom. The zero-order valence-electron chi connectivity index (χ0n) is 11.8. The van der Waals surface area contributed by atoms with Crippen LogP contribution in [0.4, 0.5) is 5.13 Å². The zero-order chi connectivity index (χ0) is 14.7. The maximum atomic E-state index is 12.9. The van der Waals surface area contributed by atoms with Crippen molar-refractivity contribution in [1.82, 2.24) is 10.2 Å². The molecule has 0 radical (unpaired) electrons. The summed E-state index contributed by atoms with van der Waals surface area (Å²) in [5.74, 6) is 0.0509. The second-order valence-electron chi connectivity index (χ2n) is 5.19. The summed E-state index contributed by atoms with van der Waals surface area (Å²) in [5.41, 5.74) is 0.696. The molecule has 1 fully saturated rings. The molecule has 1 heterocycles. The quantitative estimate of drug-likeness (QED) is 0.689. The highest BCUT2D eigenvalue weighted by Gasteiger charge is 2.42. The first-order chi connectivity index (χ1) is 10.2. The van der Waals surface area contributed by atoms with E-state index in [1.165, 1.54) is 23.1 Å². The molecular formula is C15H17N3OS2. The van der Waals surface area contributed by atoms with Gasteiger partial charge in [0.05, 0.1) is 5.41 Å². The predicted octanol–water partition coefficient (Wildman–Crippen LogP) is 3.71. The number of carbonyl (C=O) groups excluding carboxylic acids is 1.